The van der Waals surface area contributed by atoms with Crippen LogP contribution in [0.2, 0.25) is 5.02 Å². The maximum atomic E-state index is 12.6. The van der Waals surface area contributed by atoms with Gasteiger partial charge < -0.3 is 5.32 Å². The molecule has 142 valence electrons. The largest absolute Gasteiger partial charge is 0.349 e. The molecule has 0 saturated heterocycles. The molecule has 3 aromatic rings. The van der Waals surface area contributed by atoms with Gasteiger partial charge >= 0.3 is 0 Å². The van der Waals surface area contributed by atoms with Gasteiger partial charge in [-0.2, -0.15) is 0 Å². The molecule has 27 heavy (non-hydrogen) atoms. The lowest BCUT2D eigenvalue weighted by Gasteiger charge is -2.15. The zero-order chi connectivity index (χ0) is 19.7. The fraction of sp³-hybridized carbons (Fsp3) is 0.316. The van der Waals surface area contributed by atoms with E-state index in [0.29, 0.717) is 15.6 Å². The Bertz CT molecular complexity index is 1070. The van der Waals surface area contributed by atoms with Crippen molar-refractivity contribution in [3.05, 3.63) is 55.6 Å². The molecule has 0 aliphatic carbocycles. The molecule has 0 aliphatic rings. The molecule has 3 rings (SSSR count). The smallest absolute Gasteiger partial charge is 0.262 e. The Morgan fingerprint density at radius 2 is 2.07 bits per heavy atom. The van der Waals surface area contributed by atoms with Crippen LogP contribution in [0.4, 0.5) is 0 Å². The third kappa shape index (κ3) is 4.05. The minimum absolute atomic E-state index is 0.0748. The number of carbonyl (C=O) groups is 1. The van der Waals surface area contributed by atoms with Crippen LogP contribution in [0.3, 0.4) is 0 Å². The molecule has 1 N–H and O–H groups in total. The number of hydrogen-bond donors (Lipinski definition) is 1. The Morgan fingerprint density at radius 3 is 2.78 bits per heavy atom. The lowest BCUT2D eigenvalue weighted by atomic mass is 10.1. The van der Waals surface area contributed by atoms with Gasteiger partial charge in [0, 0.05) is 16.9 Å². The predicted octanol–water partition coefficient (Wildman–Crippen LogP) is 4.23. The van der Waals surface area contributed by atoms with Crippen molar-refractivity contribution in [3.63, 3.8) is 0 Å². The first kappa shape index (κ1) is 19.9. The molecule has 0 bridgehead atoms. The summed E-state index contributed by atoms with van der Waals surface area (Å²) in [6.45, 7) is 5.81. The first-order chi connectivity index (χ1) is 12.8. The molecule has 2 aromatic heterocycles. The number of rotatable bonds is 5. The molecule has 1 amide bonds. The summed E-state index contributed by atoms with van der Waals surface area (Å²) in [7, 11) is 1.69. The van der Waals surface area contributed by atoms with Crippen LogP contribution >= 0.6 is 34.7 Å². The molecule has 2 heterocycles. The number of nitrogens with zero attached hydrogens (tertiary/aromatic N) is 2. The highest BCUT2D eigenvalue weighted by molar-refractivity contribution is 7.99. The number of thioether (sulfide) groups is 1. The summed E-state index contributed by atoms with van der Waals surface area (Å²) in [6, 6.07) is 7.23. The van der Waals surface area contributed by atoms with E-state index in [-0.39, 0.29) is 23.3 Å². The predicted molar refractivity (Wildman–Crippen MR) is 113 cm³/mol. The molecule has 0 saturated carbocycles. The second-order valence-corrected chi connectivity index (χ2v) is 8.87. The van der Waals surface area contributed by atoms with E-state index >= 15 is 0 Å². The topological polar surface area (TPSA) is 64.0 Å². The molecule has 0 spiro atoms. The standard InChI is InChI=1S/C19H20ClN3O2S2/c1-10-12(3)27-17-16(10)18(25)23(4)19(22-17)26-9-15(24)21-11(2)13-7-5-6-8-14(13)20/h5-8,11H,9H2,1-4H3,(H,21,24). The van der Waals surface area contributed by atoms with Gasteiger partial charge in [-0.1, -0.05) is 41.6 Å². The van der Waals surface area contributed by atoms with E-state index in [0.717, 1.165) is 20.8 Å². The van der Waals surface area contributed by atoms with Crippen LogP contribution in [-0.2, 0) is 11.8 Å². The average molecular weight is 422 g/mol. The van der Waals surface area contributed by atoms with E-state index in [9.17, 15) is 9.59 Å². The van der Waals surface area contributed by atoms with Crippen LogP contribution < -0.4 is 10.9 Å². The number of thiophene rings is 1. The van der Waals surface area contributed by atoms with Gasteiger partial charge in [0.25, 0.3) is 5.56 Å². The molecule has 0 radical (unpaired) electrons. The van der Waals surface area contributed by atoms with Gasteiger partial charge in [-0.3, -0.25) is 14.2 Å². The number of halogens is 1. The zero-order valence-electron chi connectivity index (χ0n) is 15.5. The third-order valence-electron chi connectivity index (χ3n) is 4.45. The van der Waals surface area contributed by atoms with Crippen molar-refractivity contribution >= 4 is 50.8 Å². The first-order valence-corrected chi connectivity index (χ1v) is 10.6. The average Bonchev–Trinajstić information content (AvgIpc) is 2.91. The van der Waals surface area contributed by atoms with Crippen LogP contribution in [0.5, 0.6) is 0 Å². The maximum absolute atomic E-state index is 12.6. The van der Waals surface area contributed by atoms with Gasteiger partial charge in [0.15, 0.2) is 5.16 Å². The lowest BCUT2D eigenvalue weighted by molar-refractivity contribution is -0.119. The molecule has 8 heteroatoms. The zero-order valence-corrected chi connectivity index (χ0v) is 17.9. The Labute approximate surface area is 170 Å². The highest BCUT2D eigenvalue weighted by Crippen LogP contribution is 2.28. The number of nitrogens with one attached hydrogen (secondary N) is 1. The summed E-state index contributed by atoms with van der Waals surface area (Å²) in [5.74, 6) is 0.0319. The maximum Gasteiger partial charge on any atom is 0.262 e. The molecular formula is C19H20ClN3O2S2. The van der Waals surface area contributed by atoms with Gasteiger partial charge in [-0.15, -0.1) is 11.3 Å². The van der Waals surface area contributed by atoms with Crippen LogP contribution in [0.25, 0.3) is 10.2 Å². The van der Waals surface area contributed by atoms with Gasteiger partial charge in [0.1, 0.15) is 4.83 Å². The number of carbonyl (C=O) groups excluding carboxylic acids is 1. The summed E-state index contributed by atoms with van der Waals surface area (Å²) in [6.07, 6.45) is 0. The van der Waals surface area contributed by atoms with Gasteiger partial charge in [-0.25, -0.2) is 4.98 Å². The van der Waals surface area contributed by atoms with Crippen LogP contribution in [0.1, 0.15) is 29.0 Å². The minimum atomic E-state index is -0.200. The second-order valence-electron chi connectivity index (χ2n) is 6.32. The van der Waals surface area contributed by atoms with Gasteiger partial charge in [-0.05, 0) is 38.0 Å². The van der Waals surface area contributed by atoms with Crippen molar-refractivity contribution in [2.75, 3.05) is 5.75 Å². The van der Waals surface area contributed by atoms with Crippen molar-refractivity contribution in [1.82, 2.24) is 14.9 Å². The number of fused-ring (bicyclic) bond motifs is 1. The Hall–Kier alpha value is -1.83. The number of benzene rings is 1. The lowest BCUT2D eigenvalue weighted by Crippen LogP contribution is -2.29. The van der Waals surface area contributed by atoms with Crippen molar-refractivity contribution in [2.24, 2.45) is 7.05 Å². The van der Waals surface area contributed by atoms with Crippen molar-refractivity contribution in [1.29, 1.82) is 0 Å². The first-order valence-electron chi connectivity index (χ1n) is 8.43. The Kier molecular flexibility index (Phi) is 5.93. The quantitative estimate of drug-likeness (QED) is 0.494. The van der Waals surface area contributed by atoms with Crippen LogP contribution in [0.15, 0.2) is 34.2 Å². The molecule has 1 atom stereocenters. The molecular weight excluding hydrogens is 402 g/mol. The van der Waals surface area contributed by atoms with Gasteiger partial charge in [0.05, 0.1) is 17.2 Å². The third-order valence-corrected chi connectivity index (χ3v) is 6.93. The van der Waals surface area contributed by atoms with Crippen LogP contribution in [0, 0.1) is 13.8 Å². The Balaban J connectivity index is 1.73. The summed E-state index contributed by atoms with van der Waals surface area (Å²) in [5, 5.41) is 4.76. The SMILES string of the molecule is Cc1sc2nc(SCC(=O)NC(C)c3ccccc3Cl)n(C)c(=O)c2c1C. The summed E-state index contributed by atoms with van der Waals surface area (Å²) >= 11 is 8.94. The highest BCUT2D eigenvalue weighted by Gasteiger charge is 2.17. The molecule has 5 nitrogen and oxygen atoms in total. The fourth-order valence-electron chi connectivity index (χ4n) is 2.80. The molecule has 0 fully saturated rings. The Morgan fingerprint density at radius 1 is 1.37 bits per heavy atom. The number of aryl methyl sites for hydroxylation is 2. The van der Waals surface area contributed by atoms with E-state index in [2.05, 4.69) is 10.3 Å². The van der Waals surface area contributed by atoms with E-state index in [4.69, 9.17) is 11.6 Å². The van der Waals surface area contributed by atoms with E-state index in [1.54, 1.807) is 13.1 Å². The fourth-order valence-corrected chi connectivity index (χ4v) is 4.96. The van der Waals surface area contributed by atoms with Crippen LogP contribution in [-0.4, -0.2) is 21.2 Å². The number of amides is 1. The molecule has 1 unspecified atom stereocenters. The summed E-state index contributed by atoms with van der Waals surface area (Å²) < 4.78 is 1.51. The van der Waals surface area contributed by atoms with Crippen molar-refractivity contribution < 1.29 is 4.79 Å². The number of hydrogen-bond acceptors (Lipinski definition) is 5. The highest BCUT2D eigenvalue weighted by atomic mass is 35.5. The minimum Gasteiger partial charge on any atom is -0.349 e. The molecule has 1 aromatic carbocycles. The van der Waals surface area contributed by atoms with E-state index in [1.807, 2.05) is 39.0 Å². The molecule has 0 aliphatic heterocycles. The van der Waals surface area contributed by atoms with Crippen molar-refractivity contribution in [3.8, 4) is 0 Å². The second kappa shape index (κ2) is 8.04. The number of aromatic nitrogens is 2. The summed E-state index contributed by atoms with van der Waals surface area (Å²) in [4.78, 5) is 31.4. The van der Waals surface area contributed by atoms with E-state index in [1.165, 1.54) is 27.7 Å². The van der Waals surface area contributed by atoms with Crippen molar-refractivity contribution in [2.45, 2.75) is 32.0 Å². The monoisotopic (exact) mass is 421 g/mol. The summed E-state index contributed by atoms with van der Waals surface area (Å²) in [5.41, 5.74) is 1.77. The normalized spacial score (nSPS) is 12.3. The van der Waals surface area contributed by atoms with Gasteiger partial charge in [0.2, 0.25) is 5.91 Å². The van der Waals surface area contributed by atoms with E-state index < -0.39 is 0 Å².